The van der Waals surface area contributed by atoms with E-state index >= 15 is 0 Å². The molecule has 1 N–H and O–H groups in total. The van der Waals surface area contributed by atoms with Gasteiger partial charge >= 0.3 is 0 Å². The molecule has 0 amide bonds. The molecule has 0 aliphatic heterocycles. The molecule has 0 aliphatic carbocycles. The molecule has 0 radical (unpaired) electrons. The largest absolute Gasteiger partial charge is 0.508 e. The quantitative estimate of drug-likeness (QED) is 0.322. The molecule has 0 unspecified atom stereocenters. The van der Waals surface area contributed by atoms with Gasteiger partial charge in [0.1, 0.15) is 5.76 Å². The summed E-state index contributed by atoms with van der Waals surface area (Å²) in [7, 11) is 0. The van der Waals surface area contributed by atoms with Gasteiger partial charge in [0.25, 0.3) is 0 Å². The predicted molar refractivity (Wildman–Crippen MR) is 105 cm³/mol. The average molecular weight is 318 g/mol. The van der Waals surface area contributed by atoms with Gasteiger partial charge in [-0.15, -0.1) is 0 Å². The minimum Gasteiger partial charge on any atom is -0.508 e. The summed E-state index contributed by atoms with van der Waals surface area (Å²) in [5.74, 6) is 0.349. The highest BCUT2D eigenvalue weighted by atomic mass is 16.3. The zero-order valence-electron chi connectivity index (χ0n) is 14.4. The van der Waals surface area contributed by atoms with Crippen molar-refractivity contribution >= 4 is 12.2 Å². The summed E-state index contributed by atoms with van der Waals surface area (Å²) >= 11 is 0. The van der Waals surface area contributed by atoms with E-state index in [9.17, 15) is 5.11 Å². The van der Waals surface area contributed by atoms with Crippen LogP contribution in [-0.2, 0) is 0 Å². The van der Waals surface area contributed by atoms with Crippen molar-refractivity contribution in [3.63, 3.8) is 0 Å². The Kier molecular flexibility index (Phi) is 7.62. The van der Waals surface area contributed by atoms with E-state index in [0.717, 1.165) is 29.5 Å². The van der Waals surface area contributed by atoms with Crippen molar-refractivity contribution in [2.45, 2.75) is 32.6 Å². The van der Waals surface area contributed by atoms with Crippen LogP contribution in [0, 0.1) is 0 Å². The first-order valence-electron chi connectivity index (χ1n) is 8.68. The van der Waals surface area contributed by atoms with Crippen molar-refractivity contribution in [3.8, 4) is 0 Å². The second kappa shape index (κ2) is 10.3. The fraction of sp³-hybridized carbons (Fsp3) is 0.217. The lowest BCUT2D eigenvalue weighted by atomic mass is 10.0. The Morgan fingerprint density at radius 1 is 0.875 bits per heavy atom. The van der Waals surface area contributed by atoms with Crippen LogP contribution in [0.4, 0.5) is 0 Å². The summed E-state index contributed by atoms with van der Waals surface area (Å²) in [5.41, 5.74) is 3.24. The number of rotatable bonds is 8. The maximum absolute atomic E-state index is 10.5. The Labute approximate surface area is 145 Å². The van der Waals surface area contributed by atoms with E-state index < -0.39 is 0 Å². The van der Waals surface area contributed by atoms with Crippen LogP contribution >= 0.6 is 0 Å². The van der Waals surface area contributed by atoms with Crippen molar-refractivity contribution in [3.05, 3.63) is 95.3 Å². The third-order valence-corrected chi connectivity index (χ3v) is 3.86. The van der Waals surface area contributed by atoms with Gasteiger partial charge in [-0.3, -0.25) is 0 Å². The summed E-state index contributed by atoms with van der Waals surface area (Å²) in [6, 6.07) is 20.3. The van der Waals surface area contributed by atoms with Crippen LogP contribution in [0.2, 0.25) is 0 Å². The van der Waals surface area contributed by atoms with Crippen molar-refractivity contribution < 1.29 is 5.11 Å². The van der Waals surface area contributed by atoms with E-state index in [2.05, 4.69) is 25.1 Å². The number of aliphatic hydroxyl groups excluding tert-OH is 1. The van der Waals surface area contributed by atoms with Gasteiger partial charge in [0, 0.05) is 0 Å². The molecule has 1 nitrogen and oxygen atoms in total. The minimum absolute atomic E-state index is 0.349. The molecule has 2 aromatic carbocycles. The molecule has 2 aromatic rings. The number of hydrogen-bond acceptors (Lipinski definition) is 1. The van der Waals surface area contributed by atoms with Crippen molar-refractivity contribution in [2.75, 3.05) is 0 Å². The van der Waals surface area contributed by atoms with Gasteiger partial charge in [-0.1, -0.05) is 92.6 Å². The van der Waals surface area contributed by atoms with Crippen LogP contribution in [0.15, 0.2) is 84.1 Å². The summed E-state index contributed by atoms with van der Waals surface area (Å²) in [4.78, 5) is 0. The Morgan fingerprint density at radius 2 is 1.50 bits per heavy atom. The summed E-state index contributed by atoms with van der Waals surface area (Å²) < 4.78 is 0. The van der Waals surface area contributed by atoms with Gasteiger partial charge in [-0.2, -0.15) is 0 Å². The maximum Gasteiger partial charge on any atom is 0.118 e. The third kappa shape index (κ3) is 6.29. The monoisotopic (exact) mass is 318 g/mol. The van der Waals surface area contributed by atoms with Gasteiger partial charge in [0.15, 0.2) is 0 Å². The SMILES string of the molecule is CCCCCC(=Cc1ccccc1)C(O)=CC=Cc1ccccc1. The molecule has 0 spiro atoms. The van der Waals surface area contributed by atoms with Gasteiger partial charge < -0.3 is 5.11 Å². The Morgan fingerprint density at radius 3 is 2.12 bits per heavy atom. The molecule has 1 heteroatoms. The van der Waals surface area contributed by atoms with Gasteiger partial charge in [-0.05, 0) is 41.7 Å². The number of hydrogen-bond donors (Lipinski definition) is 1. The molecule has 124 valence electrons. The highest BCUT2D eigenvalue weighted by Crippen LogP contribution is 2.20. The number of unbranched alkanes of at least 4 members (excludes halogenated alkanes) is 2. The molecule has 0 saturated heterocycles. The van der Waals surface area contributed by atoms with E-state index in [0.29, 0.717) is 5.76 Å². The molecule has 0 heterocycles. The van der Waals surface area contributed by atoms with Crippen LogP contribution in [0.25, 0.3) is 12.2 Å². The molecule has 0 atom stereocenters. The molecule has 0 bridgehead atoms. The summed E-state index contributed by atoms with van der Waals surface area (Å²) in [5, 5.41) is 10.5. The van der Waals surface area contributed by atoms with Crippen LogP contribution in [0.3, 0.4) is 0 Å². The lowest BCUT2D eigenvalue weighted by Gasteiger charge is -2.07. The Bertz CT molecular complexity index is 678. The van der Waals surface area contributed by atoms with E-state index in [1.165, 1.54) is 12.8 Å². The van der Waals surface area contributed by atoms with E-state index in [-0.39, 0.29) is 0 Å². The number of aliphatic hydroxyl groups is 1. The van der Waals surface area contributed by atoms with Crippen LogP contribution in [0.5, 0.6) is 0 Å². The summed E-state index contributed by atoms with van der Waals surface area (Å²) in [6.07, 6.45) is 12.1. The number of benzene rings is 2. The van der Waals surface area contributed by atoms with Crippen LogP contribution in [-0.4, -0.2) is 5.11 Å². The van der Waals surface area contributed by atoms with Gasteiger partial charge in [-0.25, -0.2) is 0 Å². The van der Waals surface area contributed by atoms with E-state index in [1.54, 1.807) is 6.08 Å². The van der Waals surface area contributed by atoms with Crippen LogP contribution < -0.4 is 0 Å². The molecule has 0 fully saturated rings. The zero-order valence-corrected chi connectivity index (χ0v) is 14.4. The topological polar surface area (TPSA) is 20.2 Å². The fourth-order valence-electron chi connectivity index (χ4n) is 2.51. The second-order valence-electron chi connectivity index (χ2n) is 5.86. The molecular formula is C23H26O. The Balaban J connectivity index is 2.14. The first-order chi connectivity index (χ1) is 11.8. The molecule has 0 saturated carbocycles. The second-order valence-corrected chi connectivity index (χ2v) is 5.86. The van der Waals surface area contributed by atoms with Crippen LogP contribution in [0.1, 0.15) is 43.7 Å². The minimum atomic E-state index is 0.349. The smallest absolute Gasteiger partial charge is 0.118 e. The highest BCUT2D eigenvalue weighted by Gasteiger charge is 2.03. The Hall–Kier alpha value is -2.54. The van der Waals surface area contributed by atoms with Gasteiger partial charge in [0.2, 0.25) is 0 Å². The molecule has 0 aliphatic rings. The molecule has 24 heavy (non-hydrogen) atoms. The van der Waals surface area contributed by atoms with Gasteiger partial charge in [0.05, 0.1) is 0 Å². The third-order valence-electron chi connectivity index (χ3n) is 3.86. The standard InChI is InChI=1S/C23H26O/c1-2-3-6-17-22(19-21-14-9-5-10-15-21)23(24)18-11-16-20-12-7-4-8-13-20/h4-5,7-16,18-19,24H,2-3,6,17H2,1H3. The first kappa shape index (κ1) is 17.8. The van der Waals surface area contributed by atoms with E-state index in [1.807, 2.05) is 60.7 Å². The first-order valence-corrected chi connectivity index (χ1v) is 8.68. The number of allylic oxidation sites excluding steroid dienone is 3. The zero-order chi connectivity index (χ0) is 17.0. The fourth-order valence-corrected chi connectivity index (χ4v) is 2.51. The van der Waals surface area contributed by atoms with Crippen molar-refractivity contribution in [2.24, 2.45) is 0 Å². The molecule has 2 rings (SSSR count). The summed E-state index contributed by atoms with van der Waals surface area (Å²) in [6.45, 7) is 2.19. The average Bonchev–Trinajstić information content (AvgIpc) is 2.63. The van der Waals surface area contributed by atoms with E-state index in [4.69, 9.17) is 0 Å². The molecular weight excluding hydrogens is 292 g/mol. The highest BCUT2D eigenvalue weighted by molar-refractivity contribution is 5.58. The predicted octanol–water partition coefficient (Wildman–Crippen LogP) is 6.81. The lowest BCUT2D eigenvalue weighted by molar-refractivity contribution is 0.418. The van der Waals surface area contributed by atoms with Crippen molar-refractivity contribution in [1.82, 2.24) is 0 Å². The lowest BCUT2D eigenvalue weighted by Crippen LogP contribution is -1.90. The van der Waals surface area contributed by atoms with Crippen molar-refractivity contribution in [1.29, 1.82) is 0 Å². The maximum atomic E-state index is 10.5. The normalized spacial score (nSPS) is 12.7. The molecule has 0 aromatic heterocycles.